The number of methoxy groups -OCH3 is 1. The number of nitrogens with two attached hydrogens (primary N) is 1. The van der Waals surface area contributed by atoms with Crippen molar-refractivity contribution in [2.24, 2.45) is 5.14 Å². The summed E-state index contributed by atoms with van der Waals surface area (Å²) < 4.78 is 22.7. The molecule has 130 valence electrons. The van der Waals surface area contributed by atoms with Crippen molar-refractivity contribution in [2.45, 2.75) is 13.0 Å². The normalized spacial score (nSPS) is 12.4. The predicted octanol–water partition coefficient (Wildman–Crippen LogP) is 2.58. The van der Waals surface area contributed by atoms with E-state index in [1.807, 2.05) is 37.3 Å². The van der Waals surface area contributed by atoms with Crippen LogP contribution in [-0.4, -0.2) is 21.8 Å². The van der Waals surface area contributed by atoms with E-state index in [0.717, 1.165) is 5.56 Å². The van der Waals surface area contributed by atoms with Crippen LogP contribution in [0.2, 0.25) is 5.02 Å². The molecular weight excluding hydrogens is 352 g/mol. The molecule has 2 rings (SSSR count). The van der Waals surface area contributed by atoms with Crippen LogP contribution in [0.4, 0.5) is 0 Å². The molecule has 24 heavy (non-hydrogen) atoms. The third kappa shape index (κ3) is 6.67. The zero-order valence-electron chi connectivity index (χ0n) is 13.2. The Morgan fingerprint density at radius 1 is 1.29 bits per heavy atom. The first-order valence-corrected chi connectivity index (χ1v) is 8.39. The van der Waals surface area contributed by atoms with Gasteiger partial charge in [0.25, 0.3) is 5.91 Å². The highest BCUT2D eigenvalue weighted by Gasteiger charge is 2.15. The third-order valence-corrected chi connectivity index (χ3v) is 3.29. The fourth-order valence-corrected chi connectivity index (χ4v) is 2.13. The number of hydrogen-bond acceptors (Lipinski definition) is 4. The number of halogens is 1. The Morgan fingerprint density at radius 2 is 1.88 bits per heavy atom. The van der Waals surface area contributed by atoms with Gasteiger partial charge < -0.3 is 14.6 Å². The lowest BCUT2D eigenvalue weighted by molar-refractivity contribution is 0.0937. The fraction of sp³-hybridized carbons (Fsp3) is 0.188. The van der Waals surface area contributed by atoms with Crippen LogP contribution < -0.4 is 15.2 Å². The Hall–Kier alpha value is -1.93. The van der Waals surface area contributed by atoms with Gasteiger partial charge in [0.15, 0.2) is 0 Å². The van der Waals surface area contributed by atoms with Gasteiger partial charge in [-0.05, 0) is 30.7 Å². The zero-order chi connectivity index (χ0) is 18.1. The summed E-state index contributed by atoms with van der Waals surface area (Å²) in [7, 11) is 1.53. The average molecular weight is 370 g/mol. The highest BCUT2D eigenvalue weighted by molar-refractivity contribution is 7.76. The molecule has 0 saturated carbocycles. The molecule has 0 aromatic heterocycles. The Bertz CT molecular complexity index is 694. The molecule has 0 aliphatic rings. The molecule has 0 spiro atoms. The molecule has 3 N–H and O–H groups in total. The lowest BCUT2D eigenvalue weighted by atomic mass is 10.1. The van der Waals surface area contributed by atoms with E-state index in [0.29, 0.717) is 16.3 Å². The van der Waals surface area contributed by atoms with Gasteiger partial charge in [-0.15, -0.1) is 0 Å². The summed E-state index contributed by atoms with van der Waals surface area (Å²) >= 11 is 3.57. The standard InChI is InChI=1S/C16H16ClNO2.H3NO2S/c1-11(12-6-4-3-5-7-12)18-16(19)14-10-13(17)8-9-15(14)20-2;1-4(2)3/h3-11H,1-2H3,(H,18,19);1H2,(H,2,3)/p-1. The quantitative estimate of drug-likeness (QED) is 0.808. The first-order valence-electron chi connectivity index (χ1n) is 6.88. The topological polar surface area (TPSA) is 104 Å². The molecule has 2 aromatic carbocycles. The molecule has 1 amide bonds. The summed E-state index contributed by atoms with van der Waals surface area (Å²) in [4.78, 5) is 12.3. The second-order valence-electron chi connectivity index (χ2n) is 4.71. The number of carbonyl (C=O) groups excluding carboxylic acids is 1. The van der Waals surface area contributed by atoms with Gasteiger partial charge in [0, 0.05) is 16.3 Å². The molecule has 2 aromatic rings. The number of rotatable bonds is 4. The molecule has 0 saturated heterocycles. The van der Waals surface area contributed by atoms with Crippen LogP contribution in [0.15, 0.2) is 48.5 Å². The monoisotopic (exact) mass is 369 g/mol. The van der Waals surface area contributed by atoms with Crippen LogP contribution in [0.25, 0.3) is 0 Å². The minimum Gasteiger partial charge on any atom is -0.760 e. The molecule has 0 heterocycles. The summed E-state index contributed by atoms with van der Waals surface area (Å²) in [5.41, 5.74) is 1.48. The SMILES string of the molecule is COc1ccc(Cl)cc1C(=O)NC(C)c1ccccc1.NS(=O)[O-]. The zero-order valence-corrected chi connectivity index (χ0v) is 14.8. The minimum absolute atomic E-state index is 0.0904. The van der Waals surface area contributed by atoms with Crippen molar-refractivity contribution in [1.29, 1.82) is 0 Å². The molecule has 0 radical (unpaired) electrons. The van der Waals surface area contributed by atoms with E-state index >= 15 is 0 Å². The van der Waals surface area contributed by atoms with Crippen molar-refractivity contribution >= 4 is 28.8 Å². The average Bonchev–Trinajstić information content (AvgIpc) is 2.55. The van der Waals surface area contributed by atoms with Crippen molar-refractivity contribution in [3.8, 4) is 5.75 Å². The van der Waals surface area contributed by atoms with E-state index in [-0.39, 0.29) is 11.9 Å². The molecule has 0 fully saturated rings. The smallest absolute Gasteiger partial charge is 0.255 e. The van der Waals surface area contributed by atoms with Gasteiger partial charge in [0.2, 0.25) is 0 Å². The molecule has 0 bridgehead atoms. The summed E-state index contributed by atoms with van der Waals surface area (Å²) in [6, 6.07) is 14.7. The maximum atomic E-state index is 12.3. The molecule has 2 unspecified atom stereocenters. The Balaban J connectivity index is 0.000000648. The lowest BCUT2D eigenvalue weighted by Crippen LogP contribution is -2.27. The summed E-state index contributed by atoms with van der Waals surface area (Å²) in [6.07, 6.45) is 0. The Labute approximate surface area is 148 Å². The van der Waals surface area contributed by atoms with Gasteiger partial charge in [0.05, 0.1) is 18.7 Å². The van der Waals surface area contributed by atoms with Gasteiger partial charge in [-0.25, -0.2) is 0 Å². The number of hydrogen-bond donors (Lipinski definition) is 2. The van der Waals surface area contributed by atoms with Crippen LogP contribution in [-0.2, 0) is 11.3 Å². The van der Waals surface area contributed by atoms with Crippen molar-refractivity contribution in [3.05, 3.63) is 64.7 Å². The van der Waals surface area contributed by atoms with Gasteiger partial charge in [0.1, 0.15) is 5.75 Å². The van der Waals surface area contributed by atoms with E-state index < -0.39 is 11.3 Å². The highest BCUT2D eigenvalue weighted by atomic mass is 35.5. The van der Waals surface area contributed by atoms with Gasteiger partial charge in [-0.2, -0.15) is 0 Å². The molecule has 6 nitrogen and oxygen atoms in total. The van der Waals surface area contributed by atoms with Gasteiger partial charge in [-0.3, -0.25) is 14.1 Å². The third-order valence-electron chi connectivity index (χ3n) is 3.05. The summed E-state index contributed by atoms with van der Waals surface area (Å²) in [5, 5.41) is 7.47. The molecule has 2 atom stereocenters. The van der Waals surface area contributed by atoms with E-state index in [1.54, 1.807) is 18.2 Å². The van der Waals surface area contributed by atoms with Gasteiger partial charge >= 0.3 is 0 Å². The van der Waals surface area contributed by atoms with Crippen molar-refractivity contribution in [3.63, 3.8) is 0 Å². The maximum absolute atomic E-state index is 12.3. The number of carbonyl (C=O) groups is 1. The van der Waals surface area contributed by atoms with Crippen LogP contribution in [0, 0.1) is 0 Å². The van der Waals surface area contributed by atoms with E-state index in [4.69, 9.17) is 25.1 Å². The largest absolute Gasteiger partial charge is 0.760 e. The molecule has 0 aliphatic heterocycles. The van der Waals surface area contributed by atoms with Crippen LogP contribution in [0.1, 0.15) is 28.9 Å². The van der Waals surface area contributed by atoms with Crippen LogP contribution in [0.3, 0.4) is 0 Å². The van der Waals surface area contributed by atoms with E-state index in [9.17, 15) is 4.79 Å². The van der Waals surface area contributed by atoms with Gasteiger partial charge in [-0.1, -0.05) is 41.9 Å². The predicted molar refractivity (Wildman–Crippen MR) is 93.4 cm³/mol. The van der Waals surface area contributed by atoms with E-state index in [1.165, 1.54) is 7.11 Å². The summed E-state index contributed by atoms with van der Waals surface area (Å²) in [6.45, 7) is 1.93. The Morgan fingerprint density at radius 3 is 2.42 bits per heavy atom. The van der Waals surface area contributed by atoms with Crippen molar-refractivity contribution in [1.82, 2.24) is 5.32 Å². The van der Waals surface area contributed by atoms with Crippen LogP contribution >= 0.6 is 11.6 Å². The molecule has 0 aliphatic carbocycles. The van der Waals surface area contributed by atoms with E-state index in [2.05, 4.69) is 10.5 Å². The lowest BCUT2D eigenvalue weighted by Gasteiger charge is -2.15. The highest BCUT2D eigenvalue weighted by Crippen LogP contribution is 2.23. The minimum atomic E-state index is -2.36. The number of amides is 1. The van der Waals surface area contributed by atoms with Crippen molar-refractivity contribution in [2.75, 3.05) is 7.11 Å². The first-order chi connectivity index (χ1) is 11.3. The van der Waals surface area contributed by atoms with Crippen molar-refractivity contribution < 1.29 is 18.3 Å². The Kier molecular flexibility index (Phi) is 8.42. The maximum Gasteiger partial charge on any atom is 0.255 e. The second kappa shape index (κ2) is 10.0. The molecule has 8 heteroatoms. The second-order valence-corrected chi connectivity index (χ2v) is 5.67. The number of ether oxygens (including phenoxy) is 1. The summed E-state index contributed by atoms with van der Waals surface area (Å²) in [5.74, 6) is 0.299. The molecular formula is C16H18ClN2O4S-. The number of nitrogens with one attached hydrogen (secondary N) is 1. The first kappa shape index (κ1) is 20.1. The fourth-order valence-electron chi connectivity index (χ4n) is 1.96. The van der Waals surface area contributed by atoms with Crippen LogP contribution in [0.5, 0.6) is 5.75 Å². The number of benzene rings is 2.